The first-order valence-corrected chi connectivity index (χ1v) is 8.17. The molecule has 2 heterocycles. The first-order chi connectivity index (χ1) is 12.3. The lowest BCUT2D eigenvalue weighted by Gasteiger charge is -2.05. The molecule has 25 heavy (non-hydrogen) atoms. The summed E-state index contributed by atoms with van der Waals surface area (Å²) in [6.07, 6.45) is 3.92. The number of rotatable bonds is 6. The molecule has 0 bridgehead atoms. The minimum Gasteiger partial charge on any atom is -0.367 e. The highest BCUT2D eigenvalue weighted by Crippen LogP contribution is 2.23. The molecule has 0 aliphatic heterocycles. The Balaban J connectivity index is 1.34. The van der Waals surface area contributed by atoms with Crippen molar-refractivity contribution in [3.05, 3.63) is 60.0 Å². The zero-order chi connectivity index (χ0) is 17.1. The van der Waals surface area contributed by atoms with Crippen LogP contribution in [0.1, 0.15) is 29.0 Å². The molecule has 7 heteroatoms. The fraction of sp³-hybridized carbons (Fsp3) is 0.222. The Morgan fingerprint density at radius 1 is 1.16 bits per heavy atom. The summed E-state index contributed by atoms with van der Waals surface area (Å²) in [5.74, 6) is 1.43. The van der Waals surface area contributed by atoms with Crippen molar-refractivity contribution in [1.82, 2.24) is 20.4 Å². The molecule has 0 atom stereocenters. The van der Waals surface area contributed by atoms with Gasteiger partial charge in [-0.2, -0.15) is 4.98 Å². The van der Waals surface area contributed by atoms with Crippen LogP contribution >= 0.6 is 0 Å². The van der Waals surface area contributed by atoms with Crippen molar-refractivity contribution in [2.45, 2.75) is 25.4 Å². The van der Waals surface area contributed by atoms with E-state index < -0.39 is 0 Å². The summed E-state index contributed by atoms with van der Waals surface area (Å²) in [5.41, 5.74) is 1.34. The van der Waals surface area contributed by atoms with E-state index in [2.05, 4.69) is 25.8 Å². The Labute approximate surface area is 144 Å². The van der Waals surface area contributed by atoms with Crippen LogP contribution in [0.25, 0.3) is 11.5 Å². The standard InChI is InChI=1S/C18H17N5O2/c24-17(13-6-9-15(19-10-13)21-14-7-8-14)20-11-16-22-18(25-23-16)12-4-2-1-3-5-12/h1-6,9-10,14H,7-8,11H2,(H,19,21)(H,20,24). The maximum absolute atomic E-state index is 12.2. The van der Waals surface area contributed by atoms with Crippen LogP contribution in [-0.2, 0) is 6.54 Å². The van der Waals surface area contributed by atoms with Gasteiger partial charge >= 0.3 is 0 Å². The van der Waals surface area contributed by atoms with Gasteiger partial charge in [-0.25, -0.2) is 4.98 Å². The highest BCUT2D eigenvalue weighted by Gasteiger charge is 2.21. The molecule has 1 amide bonds. The number of aromatic nitrogens is 3. The molecular formula is C18H17N5O2. The average molecular weight is 335 g/mol. The molecule has 4 rings (SSSR count). The minimum absolute atomic E-state index is 0.192. The van der Waals surface area contributed by atoms with E-state index in [1.807, 2.05) is 36.4 Å². The van der Waals surface area contributed by atoms with E-state index in [9.17, 15) is 4.79 Å². The topological polar surface area (TPSA) is 92.9 Å². The summed E-state index contributed by atoms with van der Waals surface area (Å²) in [6.45, 7) is 0.192. The lowest BCUT2D eigenvalue weighted by molar-refractivity contribution is 0.0949. The molecule has 2 aromatic heterocycles. The number of nitrogens with one attached hydrogen (secondary N) is 2. The third-order valence-electron chi connectivity index (χ3n) is 3.85. The van der Waals surface area contributed by atoms with Gasteiger partial charge < -0.3 is 15.2 Å². The monoisotopic (exact) mass is 335 g/mol. The number of anilines is 1. The van der Waals surface area contributed by atoms with E-state index in [1.165, 1.54) is 12.8 Å². The van der Waals surface area contributed by atoms with Crippen LogP contribution in [0.15, 0.2) is 53.2 Å². The maximum Gasteiger partial charge on any atom is 0.257 e. The van der Waals surface area contributed by atoms with Crippen molar-refractivity contribution < 1.29 is 9.32 Å². The second-order valence-electron chi connectivity index (χ2n) is 5.92. The number of pyridine rings is 1. The molecule has 0 saturated heterocycles. The SMILES string of the molecule is O=C(NCc1noc(-c2ccccc2)n1)c1ccc(NC2CC2)nc1. The normalized spacial score (nSPS) is 13.4. The van der Waals surface area contributed by atoms with Gasteiger partial charge in [0.25, 0.3) is 11.8 Å². The van der Waals surface area contributed by atoms with E-state index in [4.69, 9.17) is 4.52 Å². The smallest absolute Gasteiger partial charge is 0.257 e. The Morgan fingerprint density at radius 2 is 2.00 bits per heavy atom. The van der Waals surface area contributed by atoms with Crippen LogP contribution in [0.5, 0.6) is 0 Å². The van der Waals surface area contributed by atoms with Gasteiger partial charge in [0, 0.05) is 17.8 Å². The summed E-state index contributed by atoms with van der Waals surface area (Å²) in [7, 11) is 0. The predicted octanol–water partition coefficient (Wildman–Crippen LogP) is 2.64. The summed E-state index contributed by atoms with van der Waals surface area (Å²) >= 11 is 0. The van der Waals surface area contributed by atoms with Crippen LogP contribution in [0.3, 0.4) is 0 Å². The molecule has 1 aliphatic carbocycles. The zero-order valence-corrected chi connectivity index (χ0v) is 13.5. The summed E-state index contributed by atoms with van der Waals surface area (Å²) in [6, 6.07) is 13.6. The van der Waals surface area contributed by atoms with E-state index in [0.717, 1.165) is 11.4 Å². The predicted molar refractivity (Wildman–Crippen MR) is 91.8 cm³/mol. The first-order valence-electron chi connectivity index (χ1n) is 8.17. The number of carbonyl (C=O) groups is 1. The van der Waals surface area contributed by atoms with E-state index in [-0.39, 0.29) is 12.5 Å². The van der Waals surface area contributed by atoms with Crippen LogP contribution in [0, 0.1) is 0 Å². The largest absolute Gasteiger partial charge is 0.367 e. The second-order valence-corrected chi connectivity index (χ2v) is 5.92. The van der Waals surface area contributed by atoms with Crippen molar-refractivity contribution in [1.29, 1.82) is 0 Å². The molecular weight excluding hydrogens is 318 g/mol. The van der Waals surface area contributed by atoms with Crippen molar-refractivity contribution in [3.8, 4) is 11.5 Å². The van der Waals surface area contributed by atoms with Gasteiger partial charge in [-0.15, -0.1) is 0 Å². The van der Waals surface area contributed by atoms with Gasteiger partial charge in [-0.05, 0) is 37.1 Å². The highest BCUT2D eigenvalue weighted by molar-refractivity contribution is 5.93. The van der Waals surface area contributed by atoms with Crippen LogP contribution < -0.4 is 10.6 Å². The Morgan fingerprint density at radius 3 is 2.72 bits per heavy atom. The molecule has 0 radical (unpaired) electrons. The van der Waals surface area contributed by atoms with Crippen molar-refractivity contribution >= 4 is 11.7 Å². The number of carbonyl (C=O) groups excluding carboxylic acids is 1. The van der Waals surface area contributed by atoms with Gasteiger partial charge in [-0.3, -0.25) is 4.79 Å². The average Bonchev–Trinajstić information content (AvgIpc) is 3.34. The number of nitrogens with zero attached hydrogens (tertiary/aromatic N) is 3. The minimum atomic E-state index is -0.225. The summed E-state index contributed by atoms with van der Waals surface area (Å²) in [4.78, 5) is 20.7. The third kappa shape index (κ3) is 3.82. The van der Waals surface area contributed by atoms with E-state index in [0.29, 0.717) is 23.3 Å². The van der Waals surface area contributed by atoms with Crippen molar-refractivity contribution in [3.63, 3.8) is 0 Å². The third-order valence-corrected chi connectivity index (χ3v) is 3.85. The Kier molecular flexibility index (Phi) is 4.12. The van der Waals surface area contributed by atoms with Crippen LogP contribution in [0.4, 0.5) is 5.82 Å². The summed E-state index contributed by atoms with van der Waals surface area (Å²) < 4.78 is 5.21. The summed E-state index contributed by atoms with van der Waals surface area (Å²) in [5, 5.41) is 9.94. The zero-order valence-electron chi connectivity index (χ0n) is 13.5. The molecule has 0 unspecified atom stereocenters. The number of amides is 1. The van der Waals surface area contributed by atoms with Gasteiger partial charge in [0.15, 0.2) is 5.82 Å². The maximum atomic E-state index is 12.2. The fourth-order valence-corrected chi connectivity index (χ4v) is 2.34. The Hall–Kier alpha value is -3.22. The molecule has 126 valence electrons. The van der Waals surface area contributed by atoms with Gasteiger partial charge in [-0.1, -0.05) is 23.4 Å². The molecule has 1 aromatic carbocycles. The molecule has 3 aromatic rings. The van der Waals surface area contributed by atoms with Gasteiger partial charge in [0.2, 0.25) is 0 Å². The second kappa shape index (κ2) is 6.72. The fourth-order valence-electron chi connectivity index (χ4n) is 2.34. The first kappa shape index (κ1) is 15.3. The van der Waals surface area contributed by atoms with E-state index >= 15 is 0 Å². The molecule has 7 nitrogen and oxygen atoms in total. The molecule has 0 spiro atoms. The van der Waals surface area contributed by atoms with Crippen molar-refractivity contribution in [2.24, 2.45) is 0 Å². The Bertz CT molecular complexity index is 857. The number of hydrogen-bond acceptors (Lipinski definition) is 6. The molecule has 1 aliphatic rings. The molecule has 1 fully saturated rings. The lowest BCUT2D eigenvalue weighted by atomic mass is 10.2. The molecule has 1 saturated carbocycles. The quantitative estimate of drug-likeness (QED) is 0.719. The van der Waals surface area contributed by atoms with Gasteiger partial charge in [0.05, 0.1) is 12.1 Å². The lowest BCUT2D eigenvalue weighted by Crippen LogP contribution is -2.23. The van der Waals surface area contributed by atoms with Crippen molar-refractivity contribution in [2.75, 3.05) is 5.32 Å². The highest BCUT2D eigenvalue weighted by atomic mass is 16.5. The number of hydrogen-bond donors (Lipinski definition) is 2. The van der Waals surface area contributed by atoms with Crippen LogP contribution in [0.2, 0.25) is 0 Å². The van der Waals surface area contributed by atoms with Gasteiger partial charge in [0.1, 0.15) is 5.82 Å². The van der Waals surface area contributed by atoms with E-state index in [1.54, 1.807) is 12.3 Å². The van der Waals surface area contributed by atoms with Crippen LogP contribution in [-0.4, -0.2) is 27.1 Å². The number of benzene rings is 1. The molecule has 2 N–H and O–H groups in total.